The highest BCUT2D eigenvalue weighted by atomic mass is 19.4. The second kappa shape index (κ2) is 5.12. The van der Waals surface area contributed by atoms with Crippen LogP contribution in [0.5, 0.6) is 0 Å². The minimum absolute atomic E-state index is 0.0496. The third-order valence-electron chi connectivity index (χ3n) is 3.19. The Kier molecular flexibility index (Phi) is 3.66. The van der Waals surface area contributed by atoms with Crippen LogP contribution < -0.4 is 0 Å². The fourth-order valence-electron chi connectivity index (χ4n) is 2.11. The Labute approximate surface area is 115 Å². The summed E-state index contributed by atoms with van der Waals surface area (Å²) < 4.78 is 38.0. The Hall–Kier alpha value is -2.10. The first-order valence-electron chi connectivity index (χ1n) is 6.07. The monoisotopic (exact) mass is 278 g/mol. The maximum atomic E-state index is 12.7. The van der Waals surface area contributed by atoms with Gasteiger partial charge in [0.1, 0.15) is 0 Å². The van der Waals surface area contributed by atoms with Gasteiger partial charge in [-0.1, -0.05) is 29.8 Å². The molecule has 2 aromatic rings. The molecule has 0 unspecified atom stereocenters. The standard InChI is InChI=1S/C16H13F3O/c1-10-3-4-11(2)15(7-10)14-6-5-13(16(17,18)19)8-12(14)9-20/h3-9H,1-2H3. The molecule has 0 saturated heterocycles. The molecule has 0 aliphatic rings. The summed E-state index contributed by atoms with van der Waals surface area (Å²) in [5.74, 6) is 0. The zero-order valence-corrected chi connectivity index (χ0v) is 11.1. The molecule has 1 nitrogen and oxygen atoms in total. The quantitative estimate of drug-likeness (QED) is 0.721. The fourth-order valence-corrected chi connectivity index (χ4v) is 2.11. The molecular weight excluding hydrogens is 265 g/mol. The van der Waals surface area contributed by atoms with Crippen LogP contribution in [0.3, 0.4) is 0 Å². The lowest BCUT2D eigenvalue weighted by Crippen LogP contribution is -2.06. The first-order valence-corrected chi connectivity index (χ1v) is 6.07. The molecule has 2 rings (SSSR count). The molecule has 0 atom stereocenters. The molecule has 0 aromatic heterocycles. The van der Waals surface area contributed by atoms with Gasteiger partial charge in [-0.25, -0.2) is 0 Å². The molecule has 104 valence electrons. The molecule has 2 aromatic carbocycles. The van der Waals surface area contributed by atoms with Crippen LogP contribution in [0.25, 0.3) is 11.1 Å². The molecule has 0 radical (unpaired) electrons. The summed E-state index contributed by atoms with van der Waals surface area (Å²) in [7, 11) is 0. The van der Waals surface area contributed by atoms with Gasteiger partial charge in [0.2, 0.25) is 0 Å². The van der Waals surface area contributed by atoms with Gasteiger partial charge in [0, 0.05) is 5.56 Å². The summed E-state index contributed by atoms with van der Waals surface area (Å²) in [6.07, 6.45) is -3.98. The van der Waals surface area contributed by atoms with E-state index in [0.717, 1.165) is 28.8 Å². The topological polar surface area (TPSA) is 17.1 Å². The van der Waals surface area contributed by atoms with Crippen molar-refractivity contribution in [3.8, 4) is 11.1 Å². The van der Waals surface area contributed by atoms with Crippen LogP contribution in [0.2, 0.25) is 0 Å². The van der Waals surface area contributed by atoms with Crippen molar-refractivity contribution in [1.29, 1.82) is 0 Å². The largest absolute Gasteiger partial charge is 0.416 e. The van der Waals surface area contributed by atoms with E-state index in [1.54, 1.807) is 0 Å². The second-order valence-corrected chi connectivity index (χ2v) is 4.74. The highest BCUT2D eigenvalue weighted by Gasteiger charge is 2.31. The molecule has 0 amide bonds. The number of carbonyl (C=O) groups excluding carboxylic acids is 1. The molecular formula is C16H13F3O. The van der Waals surface area contributed by atoms with Crippen LogP contribution in [-0.2, 0) is 6.18 Å². The van der Waals surface area contributed by atoms with E-state index in [1.807, 2.05) is 32.0 Å². The minimum Gasteiger partial charge on any atom is -0.298 e. The lowest BCUT2D eigenvalue weighted by Gasteiger charge is -2.13. The average molecular weight is 278 g/mol. The summed E-state index contributed by atoms with van der Waals surface area (Å²) in [4.78, 5) is 11.1. The van der Waals surface area contributed by atoms with E-state index in [9.17, 15) is 18.0 Å². The van der Waals surface area contributed by atoms with Gasteiger partial charge in [-0.15, -0.1) is 0 Å². The van der Waals surface area contributed by atoms with Gasteiger partial charge < -0.3 is 0 Å². The summed E-state index contributed by atoms with van der Waals surface area (Å²) in [5.41, 5.74) is 2.44. The van der Waals surface area contributed by atoms with Crippen LogP contribution in [0.15, 0.2) is 36.4 Å². The van der Waals surface area contributed by atoms with E-state index in [0.29, 0.717) is 11.8 Å². The van der Waals surface area contributed by atoms with Crippen LogP contribution in [-0.4, -0.2) is 6.29 Å². The Morgan fingerprint density at radius 2 is 1.65 bits per heavy atom. The molecule has 0 N–H and O–H groups in total. The minimum atomic E-state index is -4.45. The zero-order chi connectivity index (χ0) is 14.9. The first-order chi connectivity index (χ1) is 9.32. The van der Waals surface area contributed by atoms with Gasteiger partial charge >= 0.3 is 6.18 Å². The first kappa shape index (κ1) is 14.3. The Balaban J connectivity index is 2.63. The SMILES string of the molecule is Cc1ccc(C)c(-c2ccc(C(F)(F)F)cc2C=O)c1. The van der Waals surface area contributed by atoms with Gasteiger partial charge in [-0.2, -0.15) is 13.2 Å². The van der Waals surface area contributed by atoms with Gasteiger partial charge in [-0.05, 0) is 42.7 Å². The third kappa shape index (κ3) is 2.74. The number of alkyl halides is 3. The molecule has 0 fully saturated rings. The Bertz CT molecular complexity index is 657. The van der Waals surface area contributed by atoms with Gasteiger partial charge in [-0.3, -0.25) is 4.79 Å². The molecule has 0 aliphatic carbocycles. The van der Waals surface area contributed by atoms with Crippen molar-refractivity contribution in [3.05, 3.63) is 58.7 Å². The Morgan fingerprint density at radius 1 is 0.950 bits per heavy atom. The van der Waals surface area contributed by atoms with Crippen molar-refractivity contribution in [1.82, 2.24) is 0 Å². The molecule has 0 heterocycles. The summed E-state index contributed by atoms with van der Waals surface area (Å²) in [6.45, 7) is 3.76. The normalized spacial score (nSPS) is 11.4. The molecule has 0 spiro atoms. The predicted octanol–water partition coefficient (Wildman–Crippen LogP) is 4.80. The lowest BCUT2D eigenvalue weighted by molar-refractivity contribution is -0.137. The summed E-state index contributed by atoms with van der Waals surface area (Å²) >= 11 is 0. The number of hydrogen-bond acceptors (Lipinski definition) is 1. The number of halogens is 3. The van der Waals surface area contributed by atoms with Gasteiger partial charge in [0.05, 0.1) is 5.56 Å². The second-order valence-electron chi connectivity index (χ2n) is 4.74. The number of hydrogen-bond donors (Lipinski definition) is 0. The summed E-state index contributed by atoms with van der Waals surface area (Å²) in [6, 6.07) is 8.92. The van der Waals surface area contributed by atoms with Crippen molar-refractivity contribution in [2.45, 2.75) is 20.0 Å². The smallest absolute Gasteiger partial charge is 0.298 e. The number of rotatable bonds is 2. The highest BCUT2D eigenvalue weighted by Crippen LogP contribution is 2.34. The van der Waals surface area contributed by atoms with Crippen molar-refractivity contribution in [2.75, 3.05) is 0 Å². The van der Waals surface area contributed by atoms with E-state index < -0.39 is 11.7 Å². The number of aldehydes is 1. The molecule has 0 bridgehead atoms. The molecule has 4 heteroatoms. The summed E-state index contributed by atoms with van der Waals surface area (Å²) in [5, 5.41) is 0. The van der Waals surface area contributed by atoms with Gasteiger partial charge in [0.25, 0.3) is 0 Å². The highest BCUT2D eigenvalue weighted by molar-refractivity contribution is 5.89. The number of benzene rings is 2. The average Bonchev–Trinajstić information content (AvgIpc) is 2.40. The van der Waals surface area contributed by atoms with E-state index in [1.165, 1.54) is 6.07 Å². The lowest BCUT2D eigenvalue weighted by atomic mass is 9.93. The third-order valence-corrected chi connectivity index (χ3v) is 3.19. The van der Waals surface area contributed by atoms with Crippen molar-refractivity contribution in [2.24, 2.45) is 0 Å². The van der Waals surface area contributed by atoms with Crippen LogP contribution in [0.1, 0.15) is 27.0 Å². The molecule has 0 aliphatic heterocycles. The van der Waals surface area contributed by atoms with E-state index in [4.69, 9.17) is 0 Å². The maximum absolute atomic E-state index is 12.7. The number of aryl methyl sites for hydroxylation is 2. The molecule has 20 heavy (non-hydrogen) atoms. The van der Waals surface area contributed by atoms with Crippen molar-refractivity contribution < 1.29 is 18.0 Å². The van der Waals surface area contributed by atoms with E-state index >= 15 is 0 Å². The zero-order valence-electron chi connectivity index (χ0n) is 11.1. The maximum Gasteiger partial charge on any atom is 0.416 e. The van der Waals surface area contributed by atoms with Crippen LogP contribution in [0.4, 0.5) is 13.2 Å². The van der Waals surface area contributed by atoms with E-state index in [2.05, 4.69) is 0 Å². The van der Waals surface area contributed by atoms with Crippen LogP contribution in [0, 0.1) is 13.8 Å². The van der Waals surface area contributed by atoms with Crippen molar-refractivity contribution >= 4 is 6.29 Å². The van der Waals surface area contributed by atoms with E-state index in [-0.39, 0.29) is 5.56 Å². The number of carbonyl (C=O) groups is 1. The Morgan fingerprint density at radius 3 is 2.25 bits per heavy atom. The fraction of sp³-hybridized carbons (Fsp3) is 0.188. The van der Waals surface area contributed by atoms with Crippen molar-refractivity contribution in [3.63, 3.8) is 0 Å². The van der Waals surface area contributed by atoms with Crippen LogP contribution >= 0.6 is 0 Å². The van der Waals surface area contributed by atoms with Gasteiger partial charge in [0.15, 0.2) is 6.29 Å². The molecule has 0 saturated carbocycles. The predicted molar refractivity (Wildman–Crippen MR) is 71.7 cm³/mol.